The molecule has 1 saturated heterocycles. The number of hydrogen-bond donors (Lipinski definition) is 0. The summed E-state index contributed by atoms with van der Waals surface area (Å²) in [6.45, 7) is 5.31. The largest absolute Gasteiger partial charge is 0.334 e. The van der Waals surface area contributed by atoms with Gasteiger partial charge in [-0.25, -0.2) is 8.42 Å². The summed E-state index contributed by atoms with van der Waals surface area (Å²) in [7, 11) is -3.50. The van der Waals surface area contributed by atoms with Gasteiger partial charge in [0, 0.05) is 36.6 Å². The molecule has 28 heavy (non-hydrogen) atoms. The Morgan fingerprint density at radius 3 is 2.25 bits per heavy atom. The van der Waals surface area contributed by atoms with Crippen LogP contribution in [0.1, 0.15) is 20.3 Å². The van der Waals surface area contributed by atoms with Crippen LogP contribution in [-0.4, -0.2) is 40.9 Å². The quantitative estimate of drug-likeness (QED) is 0.669. The van der Waals surface area contributed by atoms with Crippen LogP contribution in [0.4, 0.5) is 0 Å². The monoisotopic (exact) mass is 398 g/mol. The van der Waals surface area contributed by atoms with Crippen molar-refractivity contribution in [2.24, 2.45) is 11.8 Å². The summed E-state index contributed by atoms with van der Waals surface area (Å²) in [5.41, 5.74) is 1.48. The van der Waals surface area contributed by atoms with Crippen molar-refractivity contribution in [1.29, 1.82) is 0 Å². The van der Waals surface area contributed by atoms with Crippen LogP contribution in [0.25, 0.3) is 22.8 Å². The Bertz CT molecular complexity index is 1040. The Kier molecular flexibility index (Phi) is 4.99. The molecule has 4 rings (SSSR count). The van der Waals surface area contributed by atoms with Crippen LogP contribution in [0.15, 0.2) is 58.2 Å². The third-order valence-corrected chi connectivity index (χ3v) is 6.78. The van der Waals surface area contributed by atoms with E-state index in [1.165, 1.54) is 0 Å². The van der Waals surface area contributed by atoms with Gasteiger partial charge in [0.15, 0.2) is 0 Å². The third-order valence-electron chi connectivity index (χ3n) is 4.94. The molecule has 1 aromatic carbocycles. The highest BCUT2D eigenvalue weighted by Crippen LogP contribution is 2.28. The second kappa shape index (κ2) is 7.44. The molecule has 146 valence electrons. The molecule has 2 atom stereocenters. The van der Waals surface area contributed by atoms with Gasteiger partial charge in [-0.2, -0.15) is 9.29 Å². The molecule has 7 nitrogen and oxygen atoms in total. The maximum atomic E-state index is 13.0. The number of piperidine rings is 1. The lowest BCUT2D eigenvalue weighted by atomic mass is 9.94. The smallest absolute Gasteiger partial charge is 0.258 e. The van der Waals surface area contributed by atoms with E-state index in [4.69, 9.17) is 4.52 Å². The summed E-state index contributed by atoms with van der Waals surface area (Å²) in [5, 5.41) is 3.98. The summed E-state index contributed by atoms with van der Waals surface area (Å²) in [6.07, 6.45) is 4.38. The maximum absolute atomic E-state index is 13.0. The fraction of sp³-hybridized carbons (Fsp3) is 0.350. The summed E-state index contributed by atoms with van der Waals surface area (Å²) in [6, 6.07) is 10.2. The predicted octanol–water partition coefficient (Wildman–Crippen LogP) is 3.47. The molecule has 0 saturated carbocycles. The number of aromatic nitrogens is 3. The lowest BCUT2D eigenvalue weighted by Gasteiger charge is -2.34. The van der Waals surface area contributed by atoms with Crippen molar-refractivity contribution in [3.8, 4) is 22.8 Å². The fourth-order valence-corrected chi connectivity index (χ4v) is 5.36. The SMILES string of the molecule is CC1CC(C)CN(S(=O)(=O)c2ccc(-c3nc(-c4ccncc4)no3)cc2)C1. The van der Waals surface area contributed by atoms with E-state index in [1.54, 1.807) is 53.1 Å². The minimum absolute atomic E-state index is 0.284. The normalized spacial score (nSPS) is 20.9. The molecular weight excluding hydrogens is 376 g/mol. The average molecular weight is 398 g/mol. The highest BCUT2D eigenvalue weighted by molar-refractivity contribution is 7.89. The van der Waals surface area contributed by atoms with Crippen LogP contribution in [0.5, 0.6) is 0 Å². The van der Waals surface area contributed by atoms with Crippen molar-refractivity contribution in [3.05, 3.63) is 48.8 Å². The molecular formula is C20H22N4O3S. The Hall–Kier alpha value is -2.58. The van der Waals surface area contributed by atoms with Crippen LogP contribution < -0.4 is 0 Å². The van der Waals surface area contributed by atoms with Crippen molar-refractivity contribution >= 4 is 10.0 Å². The van der Waals surface area contributed by atoms with Gasteiger partial charge in [-0.3, -0.25) is 4.98 Å². The van der Waals surface area contributed by atoms with Crippen LogP contribution in [-0.2, 0) is 10.0 Å². The Morgan fingerprint density at radius 1 is 0.964 bits per heavy atom. The minimum Gasteiger partial charge on any atom is -0.334 e. The van der Waals surface area contributed by atoms with Crippen LogP contribution >= 0.6 is 0 Å². The Morgan fingerprint density at radius 2 is 1.61 bits per heavy atom. The topological polar surface area (TPSA) is 89.2 Å². The zero-order chi connectivity index (χ0) is 19.7. The first-order valence-corrected chi connectivity index (χ1v) is 10.7. The first kappa shape index (κ1) is 18.8. The van der Waals surface area contributed by atoms with Gasteiger partial charge in [0.25, 0.3) is 5.89 Å². The molecule has 0 aliphatic carbocycles. The van der Waals surface area contributed by atoms with E-state index in [0.29, 0.717) is 42.2 Å². The number of hydrogen-bond acceptors (Lipinski definition) is 6. The van der Waals surface area contributed by atoms with Crippen molar-refractivity contribution in [2.45, 2.75) is 25.2 Å². The van der Waals surface area contributed by atoms with Crippen LogP contribution in [0.3, 0.4) is 0 Å². The summed E-state index contributed by atoms with van der Waals surface area (Å²) in [5.74, 6) is 1.53. The van der Waals surface area contributed by atoms with Crippen molar-refractivity contribution in [3.63, 3.8) is 0 Å². The van der Waals surface area contributed by atoms with Gasteiger partial charge in [-0.05, 0) is 54.7 Å². The van der Waals surface area contributed by atoms with E-state index in [0.717, 1.165) is 12.0 Å². The van der Waals surface area contributed by atoms with Gasteiger partial charge in [0.1, 0.15) is 0 Å². The molecule has 3 heterocycles. The number of nitrogens with zero attached hydrogens (tertiary/aromatic N) is 4. The van der Waals surface area contributed by atoms with Crippen molar-refractivity contribution < 1.29 is 12.9 Å². The molecule has 2 unspecified atom stereocenters. The zero-order valence-electron chi connectivity index (χ0n) is 15.8. The summed E-state index contributed by atoms with van der Waals surface area (Å²) >= 11 is 0. The van der Waals surface area contributed by atoms with Crippen molar-refractivity contribution in [1.82, 2.24) is 19.4 Å². The molecule has 3 aromatic rings. The molecule has 0 N–H and O–H groups in total. The van der Waals surface area contributed by atoms with E-state index < -0.39 is 10.0 Å². The molecule has 1 aliphatic heterocycles. The van der Waals surface area contributed by atoms with Gasteiger partial charge in [-0.15, -0.1) is 0 Å². The van der Waals surface area contributed by atoms with E-state index in [2.05, 4.69) is 29.0 Å². The number of pyridine rings is 1. The second-order valence-corrected chi connectivity index (χ2v) is 9.39. The van der Waals surface area contributed by atoms with Gasteiger partial charge in [0.2, 0.25) is 15.8 Å². The Balaban J connectivity index is 1.57. The molecule has 0 amide bonds. The van der Waals surface area contributed by atoms with E-state index in [-0.39, 0.29) is 4.90 Å². The maximum Gasteiger partial charge on any atom is 0.258 e. The van der Waals surface area contributed by atoms with E-state index in [9.17, 15) is 8.42 Å². The predicted molar refractivity (Wildman–Crippen MR) is 105 cm³/mol. The van der Waals surface area contributed by atoms with Gasteiger partial charge in [0.05, 0.1) is 4.90 Å². The number of benzene rings is 1. The lowest BCUT2D eigenvalue weighted by Crippen LogP contribution is -2.42. The molecule has 0 radical (unpaired) electrons. The number of sulfonamides is 1. The summed E-state index contributed by atoms with van der Waals surface area (Å²) < 4.78 is 32.9. The molecule has 1 fully saturated rings. The molecule has 8 heteroatoms. The highest BCUT2D eigenvalue weighted by Gasteiger charge is 2.31. The van der Waals surface area contributed by atoms with Gasteiger partial charge in [-0.1, -0.05) is 19.0 Å². The first-order valence-electron chi connectivity index (χ1n) is 9.28. The minimum atomic E-state index is -3.50. The van der Waals surface area contributed by atoms with E-state index in [1.807, 2.05) is 0 Å². The Labute approximate surface area is 164 Å². The molecule has 2 aromatic heterocycles. The first-order chi connectivity index (χ1) is 13.4. The molecule has 1 aliphatic rings. The van der Waals surface area contributed by atoms with Gasteiger partial charge < -0.3 is 4.52 Å². The third kappa shape index (κ3) is 3.70. The van der Waals surface area contributed by atoms with E-state index >= 15 is 0 Å². The standard InChI is InChI=1S/C20H22N4O3S/c1-14-11-15(2)13-24(12-14)28(25,26)18-5-3-17(4-6-18)20-22-19(23-27-20)16-7-9-21-10-8-16/h3-10,14-15H,11-13H2,1-2H3. The molecule has 0 spiro atoms. The second-order valence-electron chi connectivity index (χ2n) is 7.45. The summed E-state index contributed by atoms with van der Waals surface area (Å²) in [4.78, 5) is 8.64. The lowest BCUT2D eigenvalue weighted by molar-refractivity contribution is 0.222. The fourth-order valence-electron chi connectivity index (χ4n) is 3.68. The number of rotatable bonds is 4. The van der Waals surface area contributed by atoms with Crippen LogP contribution in [0, 0.1) is 11.8 Å². The van der Waals surface area contributed by atoms with Crippen LogP contribution in [0.2, 0.25) is 0 Å². The average Bonchev–Trinajstić information content (AvgIpc) is 3.18. The van der Waals surface area contributed by atoms with Gasteiger partial charge >= 0.3 is 0 Å². The zero-order valence-corrected chi connectivity index (χ0v) is 16.6. The van der Waals surface area contributed by atoms with Crippen molar-refractivity contribution in [2.75, 3.05) is 13.1 Å². The highest BCUT2D eigenvalue weighted by atomic mass is 32.2. The molecule has 0 bridgehead atoms.